The first kappa shape index (κ1) is 9.68. The largest absolute Gasteiger partial charge is 0.371 e. The normalized spacial score (nSPS) is 27.8. The van der Waals surface area contributed by atoms with Crippen LogP contribution in [0.15, 0.2) is 24.3 Å². The van der Waals surface area contributed by atoms with Crippen LogP contribution < -0.4 is 4.90 Å². The summed E-state index contributed by atoms with van der Waals surface area (Å²) in [5.74, 6) is 0. The summed E-state index contributed by atoms with van der Waals surface area (Å²) in [6.45, 7) is 1.85. The minimum atomic E-state index is 0.366. The molecule has 3 rings (SSSR count). The van der Waals surface area contributed by atoms with Crippen LogP contribution in [0.25, 0.3) is 0 Å². The number of rotatable bonds is 1. The molecule has 2 unspecified atom stereocenters. The van der Waals surface area contributed by atoms with E-state index < -0.39 is 0 Å². The van der Waals surface area contributed by atoms with Crippen LogP contribution in [-0.2, 0) is 4.74 Å². The van der Waals surface area contributed by atoms with Crippen molar-refractivity contribution in [2.45, 2.75) is 25.0 Å². The molecule has 2 aliphatic rings. The molecule has 2 aliphatic heterocycles. The van der Waals surface area contributed by atoms with Gasteiger partial charge in [-0.05, 0) is 25.0 Å². The van der Waals surface area contributed by atoms with Crippen LogP contribution in [0.3, 0.4) is 0 Å². The molecule has 0 N–H and O–H groups in total. The number of hydrogen-bond acceptors (Lipinski definition) is 3. The Labute approximate surface area is 95.2 Å². The lowest BCUT2D eigenvalue weighted by molar-refractivity contribution is 0.0305. The summed E-state index contributed by atoms with van der Waals surface area (Å²) in [5.41, 5.74) is 1.83. The van der Waals surface area contributed by atoms with E-state index in [0.717, 1.165) is 37.2 Å². The maximum atomic E-state index is 9.09. The Morgan fingerprint density at radius 3 is 2.56 bits per heavy atom. The van der Waals surface area contributed by atoms with Gasteiger partial charge in [-0.2, -0.15) is 5.26 Å². The van der Waals surface area contributed by atoms with Crippen molar-refractivity contribution in [3.8, 4) is 6.07 Å². The standard InChI is InChI=1S/C13H14N2O/c14-7-10-3-1-2-4-13(10)15-8-11-5-6-12(9-15)16-11/h1-4,11-12H,5-6,8-9H2. The summed E-state index contributed by atoms with van der Waals surface area (Å²) < 4.78 is 5.80. The predicted octanol–water partition coefficient (Wildman–Crippen LogP) is 1.93. The van der Waals surface area contributed by atoms with Gasteiger partial charge in [-0.15, -0.1) is 0 Å². The fourth-order valence-corrected chi connectivity index (χ4v) is 2.66. The maximum absolute atomic E-state index is 9.09. The number of hydrogen-bond donors (Lipinski definition) is 0. The first-order valence-electron chi connectivity index (χ1n) is 5.76. The van der Waals surface area contributed by atoms with Gasteiger partial charge in [0.25, 0.3) is 0 Å². The molecule has 0 aromatic heterocycles. The van der Waals surface area contributed by atoms with Gasteiger partial charge in [-0.3, -0.25) is 0 Å². The van der Waals surface area contributed by atoms with Crippen LogP contribution in [0, 0.1) is 11.3 Å². The predicted molar refractivity (Wildman–Crippen MR) is 61.3 cm³/mol. The number of ether oxygens (including phenoxy) is 1. The Bertz CT molecular complexity index is 426. The topological polar surface area (TPSA) is 36.3 Å². The van der Waals surface area contributed by atoms with E-state index in [9.17, 15) is 0 Å². The summed E-state index contributed by atoms with van der Waals surface area (Å²) >= 11 is 0. The van der Waals surface area contributed by atoms with Crippen molar-refractivity contribution in [2.24, 2.45) is 0 Å². The fourth-order valence-electron chi connectivity index (χ4n) is 2.66. The number of para-hydroxylation sites is 1. The molecule has 2 saturated heterocycles. The van der Waals surface area contributed by atoms with E-state index >= 15 is 0 Å². The van der Waals surface area contributed by atoms with E-state index in [0.29, 0.717) is 12.2 Å². The minimum absolute atomic E-state index is 0.366. The van der Waals surface area contributed by atoms with Crippen molar-refractivity contribution in [2.75, 3.05) is 18.0 Å². The van der Waals surface area contributed by atoms with Gasteiger partial charge in [0, 0.05) is 13.1 Å². The summed E-state index contributed by atoms with van der Waals surface area (Å²) in [7, 11) is 0. The number of morpholine rings is 1. The number of anilines is 1. The molecule has 0 saturated carbocycles. The Morgan fingerprint density at radius 1 is 1.19 bits per heavy atom. The van der Waals surface area contributed by atoms with Gasteiger partial charge in [-0.25, -0.2) is 0 Å². The highest BCUT2D eigenvalue weighted by molar-refractivity contribution is 5.59. The van der Waals surface area contributed by atoms with E-state index in [1.807, 2.05) is 24.3 Å². The molecule has 2 fully saturated rings. The number of nitrogens with zero attached hydrogens (tertiary/aromatic N) is 2. The van der Waals surface area contributed by atoms with Crippen LogP contribution >= 0.6 is 0 Å². The first-order chi connectivity index (χ1) is 7.86. The highest BCUT2D eigenvalue weighted by atomic mass is 16.5. The molecule has 0 aliphatic carbocycles. The summed E-state index contributed by atoms with van der Waals surface area (Å²) in [4.78, 5) is 2.30. The van der Waals surface area contributed by atoms with Crippen LogP contribution in [0.5, 0.6) is 0 Å². The Balaban J connectivity index is 1.90. The lowest BCUT2D eigenvalue weighted by atomic mass is 10.1. The van der Waals surface area contributed by atoms with Crippen LogP contribution in [0.1, 0.15) is 18.4 Å². The quantitative estimate of drug-likeness (QED) is 0.716. The third-order valence-electron chi connectivity index (χ3n) is 3.41. The van der Waals surface area contributed by atoms with Crippen LogP contribution in [0.4, 0.5) is 5.69 Å². The zero-order valence-corrected chi connectivity index (χ0v) is 9.10. The second-order valence-corrected chi connectivity index (χ2v) is 4.49. The third kappa shape index (κ3) is 1.56. The smallest absolute Gasteiger partial charge is 0.101 e. The molecule has 0 spiro atoms. The summed E-state index contributed by atoms with van der Waals surface area (Å²) in [6.07, 6.45) is 3.06. The first-order valence-corrected chi connectivity index (χ1v) is 5.76. The molecule has 0 amide bonds. The second kappa shape index (κ2) is 3.80. The van der Waals surface area contributed by atoms with Crippen LogP contribution in [-0.4, -0.2) is 25.3 Å². The number of benzene rings is 1. The highest BCUT2D eigenvalue weighted by Gasteiger charge is 2.34. The van der Waals surface area contributed by atoms with Crippen molar-refractivity contribution in [3.05, 3.63) is 29.8 Å². The number of nitriles is 1. The highest BCUT2D eigenvalue weighted by Crippen LogP contribution is 2.30. The average molecular weight is 214 g/mol. The maximum Gasteiger partial charge on any atom is 0.101 e. The van der Waals surface area contributed by atoms with E-state index in [1.54, 1.807) is 0 Å². The fraction of sp³-hybridized carbons (Fsp3) is 0.462. The van der Waals surface area contributed by atoms with E-state index in [4.69, 9.17) is 10.00 Å². The molecular weight excluding hydrogens is 200 g/mol. The van der Waals surface area contributed by atoms with Gasteiger partial charge in [0.15, 0.2) is 0 Å². The second-order valence-electron chi connectivity index (χ2n) is 4.49. The van der Waals surface area contributed by atoms with Gasteiger partial charge in [-0.1, -0.05) is 12.1 Å². The van der Waals surface area contributed by atoms with Crippen molar-refractivity contribution >= 4 is 5.69 Å². The zero-order valence-electron chi connectivity index (χ0n) is 9.10. The molecule has 3 nitrogen and oxygen atoms in total. The summed E-state index contributed by atoms with van der Waals surface area (Å²) in [6, 6.07) is 10.1. The molecule has 1 aromatic rings. The third-order valence-corrected chi connectivity index (χ3v) is 3.41. The van der Waals surface area contributed by atoms with Gasteiger partial charge in [0.2, 0.25) is 0 Å². The van der Waals surface area contributed by atoms with E-state index in [1.165, 1.54) is 0 Å². The molecule has 2 heterocycles. The minimum Gasteiger partial charge on any atom is -0.371 e. The SMILES string of the molecule is N#Cc1ccccc1N1CC2CCC(C1)O2. The molecule has 82 valence electrons. The van der Waals surface area contributed by atoms with Gasteiger partial charge < -0.3 is 9.64 Å². The monoisotopic (exact) mass is 214 g/mol. The average Bonchev–Trinajstić information content (AvgIpc) is 2.68. The summed E-state index contributed by atoms with van der Waals surface area (Å²) in [5, 5.41) is 9.09. The molecule has 16 heavy (non-hydrogen) atoms. The van der Waals surface area contributed by atoms with Gasteiger partial charge in [0.1, 0.15) is 6.07 Å². The van der Waals surface area contributed by atoms with Crippen molar-refractivity contribution in [1.29, 1.82) is 5.26 Å². The lowest BCUT2D eigenvalue weighted by Gasteiger charge is -2.34. The zero-order chi connectivity index (χ0) is 11.0. The van der Waals surface area contributed by atoms with Crippen LogP contribution in [0.2, 0.25) is 0 Å². The Morgan fingerprint density at radius 2 is 1.88 bits per heavy atom. The Hall–Kier alpha value is -1.53. The van der Waals surface area contributed by atoms with Gasteiger partial charge >= 0.3 is 0 Å². The Kier molecular flexibility index (Phi) is 2.30. The van der Waals surface area contributed by atoms with E-state index in [2.05, 4.69) is 11.0 Å². The molecule has 0 radical (unpaired) electrons. The van der Waals surface area contributed by atoms with Gasteiger partial charge in [0.05, 0.1) is 23.5 Å². The molecule has 2 bridgehead atoms. The lowest BCUT2D eigenvalue weighted by Crippen LogP contribution is -2.42. The number of fused-ring (bicyclic) bond motifs is 2. The molecule has 3 heteroatoms. The van der Waals surface area contributed by atoms with Crippen molar-refractivity contribution < 1.29 is 4.74 Å². The van der Waals surface area contributed by atoms with Crippen molar-refractivity contribution in [3.63, 3.8) is 0 Å². The molecule has 1 aromatic carbocycles. The molecule has 2 atom stereocenters. The molecular formula is C13H14N2O. The van der Waals surface area contributed by atoms with E-state index in [-0.39, 0.29) is 0 Å². The van der Waals surface area contributed by atoms with Crippen molar-refractivity contribution in [1.82, 2.24) is 0 Å².